The molecular weight excluding hydrogens is 270 g/mol. The van der Waals surface area contributed by atoms with E-state index in [9.17, 15) is 4.79 Å². The van der Waals surface area contributed by atoms with Crippen LogP contribution < -0.4 is 5.32 Å². The van der Waals surface area contributed by atoms with E-state index < -0.39 is 0 Å². The highest BCUT2D eigenvalue weighted by atomic mass is 79.9. The molecule has 1 aromatic heterocycles. The average molecular weight is 286 g/mol. The highest BCUT2D eigenvalue weighted by molar-refractivity contribution is 9.10. The number of amides is 1. The van der Waals surface area contributed by atoms with Gasteiger partial charge in [0.25, 0.3) is 5.91 Å². The number of H-pyrrole nitrogens is 1. The number of likely N-dealkylation sites (N-methyl/N-ethyl adjacent to an activating group) is 1. The van der Waals surface area contributed by atoms with E-state index >= 15 is 0 Å². The lowest BCUT2D eigenvalue weighted by Gasteiger charge is -2.31. The van der Waals surface area contributed by atoms with Gasteiger partial charge in [-0.15, -0.1) is 0 Å². The fraction of sp³-hybridized carbons (Fsp3) is 0.545. The second-order valence-electron chi connectivity index (χ2n) is 4.15. The smallest absolute Gasteiger partial charge is 0.270 e. The third kappa shape index (κ3) is 2.47. The molecule has 2 N–H and O–H groups in total. The molecule has 0 spiro atoms. The molecule has 16 heavy (non-hydrogen) atoms. The van der Waals surface area contributed by atoms with Crippen LogP contribution >= 0.6 is 15.9 Å². The van der Waals surface area contributed by atoms with E-state index in [1.807, 2.05) is 18.0 Å². The molecule has 1 aliphatic rings. The van der Waals surface area contributed by atoms with Gasteiger partial charge in [-0.25, -0.2) is 0 Å². The summed E-state index contributed by atoms with van der Waals surface area (Å²) in [5, 5.41) is 3.31. The van der Waals surface area contributed by atoms with E-state index in [-0.39, 0.29) is 5.91 Å². The van der Waals surface area contributed by atoms with E-state index in [1.54, 1.807) is 6.20 Å². The second kappa shape index (κ2) is 5.01. The number of piperidine rings is 1. The molecule has 0 aromatic carbocycles. The van der Waals surface area contributed by atoms with Crippen LogP contribution in [0.15, 0.2) is 16.7 Å². The topological polar surface area (TPSA) is 48.1 Å². The van der Waals surface area contributed by atoms with Crippen LogP contribution in [0, 0.1) is 0 Å². The molecule has 1 amide bonds. The number of hydrogen-bond acceptors (Lipinski definition) is 2. The Bertz CT molecular complexity index is 371. The van der Waals surface area contributed by atoms with Crippen molar-refractivity contribution in [2.45, 2.75) is 18.9 Å². The maximum absolute atomic E-state index is 12.1. The van der Waals surface area contributed by atoms with Gasteiger partial charge in [-0.05, 0) is 41.4 Å². The first-order valence-corrected chi connectivity index (χ1v) is 6.29. The van der Waals surface area contributed by atoms with Gasteiger partial charge in [0.1, 0.15) is 5.69 Å². The lowest BCUT2D eigenvalue weighted by Crippen LogP contribution is -2.46. The zero-order valence-electron chi connectivity index (χ0n) is 9.29. The summed E-state index contributed by atoms with van der Waals surface area (Å²) < 4.78 is 0.908. The zero-order valence-corrected chi connectivity index (χ0v) is 10.9. The van der Waals surface area contributed by atoms with Crippen LogP contribution in [0.5, 0.6) is 0 Å². The molecule has 1 unspecified atom stereocenters. The van der Waals surface area contributed by atoms with Gasteiger partial charge >= 0.3 is 0 Å². The minimum atomic E-state index is 0.0550. The number of nitrogens with one attached hydrogen (secondary N) is 2. The number of hydrogen-bond donors (Lipinski definition) is 2. The van der Waals surface area contributed by atoms with Crippen molar-refractivity contribution in [1.29, 1.82) is 0 Å². The van der Waals surface area contributed by atoms with Gasteiger partial charge < -0.3 is 15.2 Å². The van der Waals surface area contributed by atoms with Crippen LogP contribution in [0.25, 0.3) is 0 Å². The third-order valence-electron chi connectivity index (χ3n) is 3.02. The summed E-state index contributed by atoms with van der Waals surface area (Å²) in [6.45, 7) is 1.96. The number of carbonyl (C=O) groups is 1. The van der Waals surface area contributed by atoms with Crippen molar-refractivity contribution >= 4 is 21.8 Å². The lowest BCUT2D eigenvalue weighted by molar-refractivity contribution is 0.0703. The van der Waals surface area contributed by atoms with Crippen molar-refractivity contribution in [1.82, 2.24) is 15.2 Å². The Labute approximate surface area is 104 Å². The summed E-state index contributed by atoms with van der Waals surface area (Å²) in [5.74, 6) is 0.0550. The maximum atomic E-state index is 12.1. The standard InChI is InChI=1S/C11H16BrN3O/c1-15(9-3-2-4-13-7-9)11(16)10-5-8(12)6-14-10/h5-6,9,13-14H,2-4,7H2,1H3. The Balaban J connectivity index is 2.03. The molecule has 1 aromatic rings. The van der Waals surface area contributed by atoms with Crippen LogP contribution in [0.1, 0.15) is 23.3 Å². The molecular formula is C11H16BrN3O. The molecule has 2 heterocycles. The Morgan fingerprint density at radius 1 is 1.62 bits per heavy atom. The summed E-state index contributed by atoms with van der Waals surface area (Å²) in [4.78, 5) is 16.9. The molecule has 0 aliphatic carbocycles. The van der Waals surface area contributed by atoms with Gasteiger partial charge in [0.15, 0.2) is 0 Å². The van der Waals surface area contributed by atoms with Gasteiger partial charge in [0.2, 0.25) is 0 Å². The molecule has 0 radical (unpaired) electrons. The minimum absolute atomic E-state index is 0.0550. The number of rotatable bonds is 2. The van der Waals surface area contributed by atoms with Crippen LogP contribution in [-0.4, -0.2) is 42.0 Å². The molecule has 2 rings (SSSR count). The normalized spacial score (nSPS) is 20.8. The van der Waals surface area contributed by atoms with E-state index in [4.69, 9.17) is 0 Å². The van der Waals surface area contributed by atoms with Gasteiger partial charge in [-0.2, -0.15) is 0 Å². The fourth-order valence-corrected chi connectivity index (χ4v) is 2.35. The molecule has 1 atom stereocenters. The molecule has 0 bridgehead atoms. The summed E-state index contributed by atoms with van der Waals surface area (Å²) >= 11 is 3.33. The van der Waals surface area contributed by atoms with Crippen LogP contribution in [0.2, 0.25) is 0 Å². The molecule has 1 saturated heterocycles. The number of nitrogens with zero attached hydrogens (tertiary/aromatic N) is 1. The predicted octanol–water partition coefficient (Wildman–Crippen LogP) is 1.60. The summed E-state index contributed by atoms with van der Waals surface area (Å²) in [7, 11) is 1.87. The number of halogens is 1. The minimum Gasteiger partial charge on any atom is -0.356 e. The van der Waals surface area contributed by atoms with Crippen molar-refractivity contribution in [3.8, 4) is 0 Å². The number of aromatic nitrogens is 1. The van der Waals surface area contributed by atoms with E-state index in [0.29, 0.717) is 11.7 Å². The number of carbonyl (C=O) groups excluding carboxylic acids is 1. The Morgan fingerprint density at radius 3 is 3.00 bits per heavy atom. The molecule has 88 valence electrons. The zero-order chi connectivity index (χ0) is 11.5. The Kier molecular flexibility index (Phi) is 3.66. The maximum Gasteiger partial charge on any atom is 0.270 e. The quantitative estimate of drug-likeness (QED) is 0.867. The van der Waals surface area contributed by atoms with Crippen LogP contribution in [0.3, 0.4) is 0 Å². The predicted molar refractivity (Wildman–Crippen MR) is 66.5 cm³/mol. The van der Waals surface area contributed by atoms with Gasteiger partial charge in [-0.1, -0.05) is 0 Å². The summed E-state index contributed by atoms with van der Waals surface area (Å²) in [5.41, 5.74) is 0.639. The molecule has 5 heteroatoms. The van der Waals surface area contributed by atoms with Gasteiger partial charge in [-0.3, -0.25) is 4.79 Å². The average Bonchev–Trinajstić information content (AvgIpc) is 2.75. The monoisotopic (exact) mass is 285 g/mol. The summed E-state index contributed by atoms with van der Waals surface area (Å²) in [6, 6.07) is 2.12. The van der Waals surface area contributed by atoms with Gasteiger partial charge in [0, 0.05) is 30.3 Å². The molecule has 4 nitrogen and oxygen atoms in total. The van der Waals surface area contributed by atoms with Crippen molar-refractivity contribution in [3.63, 3.8) is 0 Å². The first kappa shape index (κ1) is 11.7. The molecule has 1 fully saturated rings. The number of aromatic amines is 1. The van der Waals surface area contributed by atoms with Crippen LogP contribution in [0.4, 0.5) is 0 Å². The first-order chi connectivity index (χ1) is 7.68. The SMILES string of the molecule is CN(C(=O)c1cc(Br)c[nH]1)C1CCCNC1. The molecule has 1 aliphatic heterocycles. The first-order valence-electron chi connectivity index (χ1n) is 5.50. The Morgan fingerprint density at radius 2 is 2.44 bits per heavy atom. The third-order valence-corrected chi connectivity index (χ3v) is 3.47. The van der Waals surface area contributed by atoms with Crippen LogP contribution in [-0.2, 0) is 0 Å². The van der Waals surface area contributed by atoms with Crippen molar-refractivity contribution < 1.29 is 4.79 Å². The largest absolute Gasteiger partial charge is 0.356 e. The highest BCUT2D eigenvalue weighted by Gasteiger charge is 2.23. The fourth-order valence-electron chi connectivity index (χ4n) is 2.01. The van der Waals surface area contributed by atoms with Crippen molar-refractivity contribution in [2.24, 2.45) is 0 Å². The molecule has 0 saturated carbocycles. The van der Waals surface area contributed by atoms with E-state index in [1.165, 1.54) is 0 Å². The van der Waals surface area contributed by atoms with E-state index in [0.717, 1.165) is 30.4 Å². The lowest BCUT2D eigenvalue weighted by atomic mass is 10.1. The highest BCUT2D eigenvalue weighted by Crippen LogP contribution is 2.15. The van der Waals surface area contributed by atoms with Crippen molar-refractivity contribution in [3.05, 3.63) is 22.4 Å². The summed E-state index contributed by atoms with van der Waals surface area (Å²) in [6.07, 6.45) is 3.99. The second-order valence-corrected chi connectivity index (χ2v) is 5.06. The van der Waals surface area contributed by atoms with E-state index in [2.05, 4.69) is 26.2 Å². The van der Waals surface area contributed by atoms with Crippen molar-refractivity contribution in [2.75, 3.05) is 20.1 Å². The van der Waals surface area contributed by atoms with Gasteiger partial charge in [0.05, 0.1) is 0 Å². The Hall–Kier alpha value is -0.810.